The molecule has 1 atom stereocenters. The summed E-state index contributed by atoms with van der Waals surface area (Å²) in [5.74, 6) is 1.27. The van der Waals surface area contributed by atoms with E-state index in [0.29, 0.717) is 31.8 Å². The molecule has 0 bridgehead atoms. The lowest BCUT2D eigenvalue weighted by Crippen LogP contribution is -2.37. The highest BCUT2D eigenvalue weighted by Gasteiger charge is 2.36. The summed E-state index contributed by atoms with van der Waals surface area (Å²) < 4.78 is 20.5. The second-order valence-corrected chi connectivity index (χ2v) is 6.56. The zero-order chi connectivity index (χ0) is 17.3. The molecule has 1 aliphatic heterocycles. The summed E-state index contributed by atoms with van der Waals surface area (Å²) in [6.07, 6.45) is 4.04. The molecule has 3 heterocycles. The molecule has 0 aliphatic carbocycles. The summed E-state index contributed by atoms with van der Waals surface area (Å²) in [4.78, 5) is 2.16. The molecule has 0 saturated carbocycles. The van der Waals surface area contributed by atoms with E-state index in [1.54, 1.807) is 29.2 Å². The van der Waals surface area contributed by atoms with E-state index in [4.69, 9.17) is 4.42 Å². The smallest absolute Gasteiger partial charge is 0.134 e. The van der Waals surface area contributed by atoms with Gasteiger partial charge in [-0.2, -0.15) is 0 Å². The van der Waals surface area contributed by atoms with Crippen LogP contribution in [0.5, 0.6) is 0 Å². The van der Waals surface area contributed by atoms with E-state index < -0.39 is 5.60 Å². The van der Waals surface area contributed by atoms with Crippen LogP contribution in [0.1, 0.15) is 12.2 Å². The van der Waals surface area contributed by atoms with Gasteiger partial charge in [0, 0.05) is 24.8 Å². The van der Waals surface area contributed by atoms with Crippen molar-refractivity contribution in [3.8, 4) is 11.3 Å². The molecule has 1 unspecified atom stereocenters. The predicted molar refractivity (Wildman–Crippen MR) is 89.0 cm³/mol. The third kappa shape index (κ3) is 3.62. The average molecular weight is 342 g/mol. The minimum absolute atomic E-state index is 0.265. The number of aliphatic hydroxyl groups is 1. The summed E-state index contributed by atoms with van der Waals surface area (Å²) in [7, 11) is 0. The molecule has 1 aliphatic rings. The van der Waals surface area contributed by atoms with E-state index in [1.165, 1.54) is 12.1 Å². The molecule has 4 rings (SSSR count). The van der Waals surface area contributed by atoms with Crippen LogP contribution in [0.3, 0.4) is 0 Å². The number of halogens is 1. The number of likely N-dealkylation sites (tertiary alicyclic amines) is 1. The molecule has 130 valence electrons. The van der Waals surface area contributed by atoms with E-state index in [9.17, 15) is 9.50 Å². The van der Waals surface area contributed by atoms with Gasteiger partial charge < -0.3 is 9.52 Å². The highest BCUT2D eigenvalue weighted by atomic mass is 19.1. The quantitative estimate of drug-likeness (QED) is 0.771. The first kappa shape index (κ1) is 16.0. The van der Waals surface area contributed by atoms with Gasteiger partial charge in [0.25, 0.3) is 0 Å². The normalized spacial score (nSPS) is 21.0. The molecule has 0 radical (unpaired) electrons. The minimum Gasteiger partial charge on any atom is -0.460 e. The molecule has 1 N–H and O–H groups in total. The van der Waals surface area contributed by atoms with Gasteiger partial charge >= 0.3 is 0 Å². The van der Waals surface area contributed by atoms with Crippen molar-refractivity contribution in [2.45, 2.75) is 25.1 Å². The van der Waals surface area contributed by atoms with Crippen LogP contribution in [0.15, 0.2) is 53.2 Å². The Balaban J connectivity index is 1.39. The van der Waals surface area contributed by atoms with Crippen molar-refractivity contribution in [1.29, 1.82) is 0 Å². The Bertz CT molecular complexity index is 831. The van der Waals surface area contributed by atoms with Crippen molar-refractivity contribution < 1.29 is 13.9 Å². The summed E-state index contributed by atoms with van der Waals surface area (Å²) in [6.45, 7) is 2.40. The lowest BCUT2D eigenvalue weighted by atomic mass is 10.0. The Hall–Kier alpha value is -2.51. The summed E-state index contributed by atoms with van der Waals surface area (Å²) >= 11 is 0. The summed E-state index contributed by atoms with van der Waals surface area (Å²) in [6, 6.07) is 10.0. The molecule has 7 heteroatoms. The van der Waals surface area contributed by atoms with Gasteiger partial charge in [-0.15, -0.1) is 5.10 Å². The van der Waals surface area contributed by atoms with Gasteiger partial charge in [0.05, 0.1) is 24.9 Å². The van der Waals surface area contributed by atoms with E-state index in [-0.39, 0.29) is 5.82 Å². The highest BCUT2D eigenvalue weighted by Crippen LogP contribution is 2.27. The molecular formula is C18H19FN4O2. The van der Waals surface area contributed by atoms with Crippen molar-refractivity contribution in [3.63, 3.8) is 0 Å². The number of nitrogens with zero attached hydrogens (tertiary/aromatic N) is 4. The molecule has 2 aromatic heterocycles. The molecule has 0 amide bonds. The van der Waals surface area contributed by atoms with E-state index in [0.717, 1.165) is 17.9 Å². The molecular weight excluding hydrogens is 323 g/mol. The third-order valence-corrected chi connectivity index (χ3v) is 4.51. The van der Waals surface area contributed by atoms with Crippen LogP contribution in [-0.4, -0.2) is 43.7 Å². The molecule has 1 fully saturated rings. The van der Waals surface area contributed by atoms with Crippen molar-refractivity contribution in [1.82, 2.24) is 19.9 Å². The van der Waals surface area contributed by atoms with Crippen LogP contribution in [0.4, 0.5) is 4.39 Å². The van der Waals surface area contributed by atoms with Crippen LogP contribution in [0, 0.1) is 5.82 Å². The van der Waals surface area contributed by atoms with E-state index >= 15 is 0 Å². The SMILES string of the molecule is OC1(Cn2ccnn2)CCN(Cc2ccc(-c3ccc(F)cc3)o2)C1. The molecule has 6 nitrogen and oxygen atoms in total. The maximum atomic E-state index is 13.0. The van der Waals surface area contributed by atoms with Crippen LogP contribution >= 0.6 is 0 Å². The van der Waals surface area contributed by atoms with Gasteiger partial charge in [-0.05, 0) is 42.8 Å². The largest absolute Gasteiger partial charge is 0.460 e. The molecule has 3 aromatic rings. The number of hydrogen-bond acceptors (Lipinski definition) is 5. The van der Waals surface area contributed by atoms with Crippen molar-refractivity contribution in [2.24, 2.45) is 0 Å². The predicted octanol–water partition coefficient (Wildman–Crippen LogP) is 2.31. The minimum atomic E-state index is -0.805. The zero-order valence-electron chi connectivity index (χ0n) is 13.7. The highest BCUT2D eigenvalue weighted by molar-refractivity contribution is 5.57. The van der Waals surface area contributed by atoms with Gasteiger partial charge in [-0.3, -0.25) is 4.90 Å². The lowest BCUT2D eigenvalue weighted by molar-refractivity contribution is 0.0269. The number of hydrogen-bond donors (Lipinski definition) is 1. The van der Waals surface area contributed by atoms with Gasteiger partial charge in [-0.25, -0.2) is 9.07 Å². The van der Waals surface area contributed by atoms with Gasteiger partial charge in [0.1, 0.15) is 17.3 Å². The number of benzene rings is 1. The van der Waals surface area contributed by atoms with Gasteiger partial charge in [0.2, 0.25) is 0 Å². The number of β-amino-alcohol motifs (C(OH)–C–C–N with tert-alkyl or cyclic N) is 1. The second kappa shape index (κ2) is 6.42. The first-order valence-electron chi connectivity index (χ1n) is 8.23. The third-order valence-electron chi connectivity index (χ3n) is 4.51. The average Bonchev–Trinajstić information content (AvgIpc) is 3.32. The molecule has 1 aromatic carbocycles. The van der Waals surface area contributed by atoms with Crippen molar-refractivity contribution in [3.05, 3.63) is 60.4 Å². The Morgan fingerprint density at radius 3 is 2.80 bits per heavy atom. The Morgan fingerprint density at radius 1 is 1.20 bits per heavy atom. The maximum Gasteiger partial charge on any atom is 0.134 e. The van der Waals surface area contributed by atoms with E-state index in [1.807, 2.05) is 12.1 Å². The van der Waals surface area contributed by atoms with Gasteiger partial charge in [0.15, 0.2) is 0 Å². The number of aromatic nitrogens is 3. The molecule has 1 saturated heterocycles. The van der Waals surface area contributed by atoms with Crippen molar-refractivity contribution in [2.75, 3.05) is 13.1 Å². The van der Waals surface area contributed by atoms with Crippen LogP contribution < -0.4 is 0 Å². The zero-order valence-corrected chi connectivity index (χ0v) is 13.7. The second-order valence-electron chi connectivity index (χ2n) is 6.56. The molecule has 25 heavy (non-hydrogen) atoms. The fourth-order valence-corrected chi connectivity index (χ4v) is 3.28. The first-order valence-corrected chi connectivity index (χ1v) is 8.23. The monoisotopic (exact) mass is 342 g/mol. The summed E-state index contributed by atoms with van der Waals surface area (Å²) in [5, 5.41) is 18.4. The van der Waals surface area contributed by atoms with Crippen LogP contribution in [-0.2, 0) is 13.1 Å². The Labute approximate surface area is 144 Å². The van der Waals surface area contributed by atoms with Crippen LogP contribution in [0.25, 0.3) is 11.3 Å². The number of furan rings is 1. The Kier molecular flexibility index (Phi) is 4.10. The lowest BCUT2D eigenvalue weighted by Gasteiger charge is -2.22. The topological polar surface area (TPSA) is 67.3 Å². The maximum absolute atomic E-state index is 13.0. The molecule has 0 spiro atoms. The summed E-state index contributed by atoms with van der Waals surface area (Å²) in [5.41, 5.74) is 0.0387. The number of rotatable bonds is 5. The fourth-order valence-electron chi connectivity index (χ4n) is 3.28. The Morgan fingerprint density at radius 2 is 2.04 bits per heavy atom. The van der Waals surface area contributed by atoms with Gasteiger partial charge in [-0.1, -0.05) is 5.21 Å². The van der Waals surface area contributed by atoms with Crippen molar-refractivity contribution >= 4 is 0 Å². The van der Waals surface area contributed by atoms with Crippen LogP contribution in [0.2, 0.25) is 0 Å². The standard InChI is InChI=1S/C18H19FN4O2/c19-15-3-1-14(2-4-15)17-6-5-16(25-17)11-22-9-7-18(24,12-22)13-23-10-8-20-21-23/h1-6,8,10,24H,7,9,11-13H2. The first-order chi connectivity index (χ1) is 12.1. The van der Waals surface area contributed by atoms with E-state index in [2.05, 4.69) is 15.2 Å². The fraction of sp³-hybridized carbons (Fsp3) is 0.333.